The van der Waals surface area contributed by atoms with Gasteiger partial charge in [0.1, 0.15) is 0 Å². The summed E-state index contributed by atoms with van der Waals surface area (Å²) in [5.74, 6) is -2.70. The number of unbranched alkanes of at least 4 members (excludes halogenated alkanes) is 2. The van der Waals surface area contributed by atoms with E-state index in [9.17, 15) is 37.1 Å². The molecule has 7 rings (SSSR count). The van der Waals surface area contributed by atoms with Crippen LogP contribution < -0.4 is 19.7 Å². The highest BCUT2D eigenvalue weighted by atomic mass is 32.2. The Kier molecular flexibility index (Phi) is 9.41. The van der Waals surface area contributed by atoms with Crippen molar-refractivity contribution >= 4 is 52.5 Å². The van der Waals surface area contributed by atoms with Gasteiger partial charge in [-0.25, -0.2) is 0 Å². The number of methoxy groups -OCH3 is 1. The maximum absolute atomic E-state index is 13.8. The van der Waals surface area contributed by atoms with Crippen LogP contribution in [0.3, 0.4) is 0 Å². The second kappa shape index (κ2) is 13.7. The first-order chi connectivity index (χ1) is 24.3. The van der Waals surface area contributed by atoms with Crippen LogP contribution in [0.5, 0.6) is 11.5 Å². The van der Waals surface area contributed by atoms with Gasteiger partial charge in [-0.2, -0.15) is 13.2 Å². The fourth-order valence-corrected chi connectivity index (χ4v) is 11.4. The van der Waals surface area contributed by atoms with Crippen molar-refractivity contribution in [1.29, 1.82) is 0 Å². The summed E-state index contributed by atoms with van der Waals surface area (Å²) >= 11 is 2.69. The summed E-state index contributed by atoms with van der Waals surface area (Å²) in [5, 5.41) is 12.1. The van der Waals surface area contributed by atoms with E-state index in [0.29, 0.717) is 25.0 Å². The Morgan fingerprint density at radius 2 is 1.78 bits per heavy atom. The highest BCUT2D eigenvalue weighted by molar-refractivity contribution is 8.00. The molecule has 11 nitrogen and oxygen atoms in total. The average Bonchev–Trinajstić information content (AvgIpc) is 3.82. The molecule has 7 atom stereocenters. The number of likely N-dealkylation sites (tertiary alicyclic amines) is 1. The molecule has 2 aromatic carbocycles. The quantitative estimate of drug-likeness (QED) is 0.159. The third-order valence-electron chi connectivity index (χ3n) is 10.5. The van der Waals surface area contributed by atoms with Crippen molar-refractivity contribution in [2.75, 3.05) is 25.6 Å². The topological polar surface area (TPSA) is 155 Å². The van der Waals surface area contributed by atoms with Crippen LogP contribution in [0.1, 0.15) is 54.0 Å². The third kappa shape index (κ3) is 6.52. The van der Waals surface area contributed by atoms with Crippen LogP contribution in [0.4, 0.5) is 18.9 Å². The number of halogens is 3. The van der Waals surface area contributed by atoms with E-state index in [1.54, 1.807) is 23.9 Å². The molecule has 0 spiro atoms. The number of ether oxygens (including phenoxy) is 2. The van der Waals surface area contributed by atoms with E-state index in [2.05, 4.69) is 10.3 Å². The zero-order valence-electron chi connectivity index (χ0n) is 27.2. The van der Waals surface area contributed by atoms with Gasteiger partial charge in [-0.15, -0.1) is 11.8 Å². The predicted octanol–water partition coefficient (Wildman–Crippen LogP) is 5.60. The first-order valence-corrected chi connectivity index (χ1v) is 18.3. The molecular formula is C35H34F3N3O8S2. The number of hydrogen-bond acceptors (Lipinski definition) is 9. The predicted molar refractivity (Wildman–Crippen MR) is 180 cm³/mol. The number of nitrogens with zero attached hydrogens (tertiary/aromatic N) is 1. The summed E-state index contributed by atoms with van der Waals surface area (Å²) in [6, 6.07) is 9.53. The number of benzene rings is 2. The molecule has 2 bridgehead atoms. The van der Waals surface area contributed by atoms with Crippen molar-refractivity contribution < 1.29 is 46.9 Å². The molecule has 6 unspecified atom stereocenters. The summed E-state index contributed by atoms with van der Waals surface area (Å²) in [7, 11) is 1.44. The number of aliphatic carboxylic acids is 1. The summed E-state index contributed by atoms with van der Waals surface area (Å²) in [6.07, 6.45) is -2.17. The number of fused-ring (bicyclic) bond motifs is 9. The number of carbonyl (C=O) groups is 4. The Labute approximate surface area is 297 Å². The largest absolute Gasteiger partial charge is 0.493 e. The fraction of sp³-hybridized carbons (Fsp3) is 0.457. The smallest absolute Gasteiger partial charge is 0.416 e. The Balaban J connectivity index is 1.10. The molecule has 1 aromatic heterocycles. The van der Waals surface area contributed by atoms with Gasteiger partial charge in [-0.1, -0.05) is 29.9 Å². The molecule has 0 radical (unpaired) electrons. The Bertz CT molecular complexity index is 1950. The molecule has 3 heterocycles. The van der Waals surface area contributed by atoms with Crippen molar-refractivity contribution in [2.45, 2.75) is 54.5 Å². The van der Waals surface area contributed by atoms with E-state index in [4.69, 9.17) is 14.6 Å². The van der Waals surface area contributed by atoms with Crippen molar-refractivity contribution in [3.8, 4) is 11.5 Å². The molecule has 3 amide bonds. The number of rotatable bonds is 12. The van der Waals surface area contributed by atoms with Gasteiger partial charge < -0.3 is 24.9 Å². The second-order valence-corrected chi connectivity index (χ2v) is 15.5. The number of hydrogen-bond donors (Lipinski definition) is 3. The van der Waals surface area contributed by atoms with Crippen molar-refractivity contribution in [3.05, 3.63) is 68.1 Å². The minimum atomic E-state index is -4.56. The Hall–Kier alpha value is -4.31. The monoisotopic (exact) mass is 745 g/mol. The van der Waals surface area contributed by atoms with E-state index in [1.807, 2.05) is 6.07 Å². The van der Waals surface area contributed by atoms with Crippen LogP contribution >= 0.6 is 23.1 Å². The number of alkyl halides is 3. The van der Waals surface area contributed by atoms with E-state index in [0.717, 1.165) is 45.4 Å². The molecule has 1 saturated heterocycles. The molecule has 2 aliphatic heterocycles. The van der Waals surface area contributed by atoms with E-state index < -0.39 is 42.1 Å². The normalized spacial score (nSPS) is 26.1. The number of thioether (sulfide) groups is 1. The number of amides is 3. The maximum atomic E-state index is 13.8. The number of nitrogens with one attached hydrogen (secondary N) is 2. The molecule has 2 aliphatic carbocycles. The summed E-state index contributed by atoms with van der Waals surface area (Å²) < 4.78 is 50.7. The van der Waals surface area contributed by atoms with Gasteiger partial charge in [0.25, 0.3) is 5.91 Å². The molecule has 4 aliphatic rings. The lowest BCUT2D eigenvalue weighted by Crippen LogP contribution is -2.42. The molecule has 270 valence electrons. The van der Waals surface area contributed by atoms with Gasteiger partial charge in [0.2, 0.25) is 11.8 Å². The number of carboxylic acids is 1. The van der Waals surface area contributed by atoms with Crippen molar-refractivity contribution in [2.24, 2.45) is 29.6 Å². The summed E-state index contributed by atoms with van der Waals surface area (Å²) in [5.41, 5.74) is -0.105. The Morgan fingerprint density at radius 3 is 2.51 bits per heavy atom. The molecule has 3 N–H and O–H groups in total. The number of imide groups is 1. The number of thiazole rings is 1. The van der Waals surface area contributed by atoms with E-state index in [1.165, 1.54) is 24.1 Å². The average molecular weight is 746 g/mol. The first-order valence-electron chi connectivity index (χ1n) is 16.6. The third-order valence-corrected chi connectivity index (χ3v) is 13.1. The lowest BCUT2D eigenvalue weighted by atomic mass is 9.68. The first kappa shape index (κ1) is 35.1. The summed E-state index contributed by atoms with van der Waals surface area (Å²) in [6.45, 7) is -0.230. The highest BCUT2D eigenvalue weighted by Gasteiger charge is 2.69. The standard InChI is InChI=1S/C35H34F3N3O8S2/c1-48-22-12-16(9-10-21(22)49-15-23(42)39-18-7-5-6-17(13-18)35(36,37)38)25-26-19-14-20(29(26)50-31-30(25)51-34(47)40-31)28-27(19)32(45)41(33(28)46)11-4-2-3-8-24(43)44/h5-7,9-10,12-13,19-20,25-29H,2-4,8,11,14-15H2,1H3,(H,39,42)(H,40,47)(H,43,44)/t19?,20?,25-,26?,27?,28?,29?/m1/s1. The van der Waals surface area contributed by atoms with Gasteiger partial charge in [0.05, 0.1) is 29.5 Å². The van der Waals surface area contributed by atoms with Gasteiger partial charge in [0, 0.05) is 34.7 Å². The molecule has 16 heteroatoms. The van der Waals surface area contributed by atoms with Crippen LogP contribution in [0.2, 0.25) is 0 Å². The second-order valence-electron chi connectivity index (χ2n) is 13.3. The number of aromatic nitrogens is 1. The lowest BCUT2D eigenvalue weighted by molar-refractivity contribution is -0.141. The van der Waals surface area contributed by atoms with Gasteiger partial charge >= 0.3 is 17.0 Å². The highest BCUT2D eigenvalue weighted by Crippen LogP contribution is 2.68. The van der Waals surface area contributed by atoms with Crippen LogP contribution in [0.15, 0.2) is 52.3 Å². The number of aromatic amines is 1. The summed E-state index contributed by atoms with van der Waals surface area (Å²) in [4.78, 5) is 68.6. The van der Waals surface area contributed by atoms with E-state index >= 15 is 0 Å². The molecular weight excluding hydrogens is 712 g/mol. The number of anilines is 1. The van der Waals surface area contributed by atoms with Crippen molar-refractivity contribution in [3.63, 3.8) is 0 Å². The maximum Gasteiger partial charge on any atom is 0.416 e. The van der Waals surface area contributed by atoms with Crippen LogP contribution in [0, 0.1) is 29.6 Å². The SMILES string of the molecule is COc1cc([C@H]2c3sc(=O)[nH]c3SC3C4CC(C5C(=O)N(CCCCCC(=O)O)C(=O)C45)C32)ccc1OCC(=O)Nc1cccc(C(F)(F)F)c1. The van der Waals surface area contributed by atoms with Crippen LogP contribution in [0.25, 0.3) is 0 Å². The molecule has 51 heavy (non-hydrogen) atoms. The molecule has 2 saturated carbocycles. The number of H-pyrrole nitrogens is 1. The minimum absolute atomic E-state index is 0.0206. The lowest BCUT2D eigenvalue weighted by Gasteiger charge is -2.43. The Morgan fingerprint density at radius 1 is 1.02 bits per heavy atom. The zero-order valence-corrected chi connectivity index (χ0v) is 28.9. The minimum Gasteiger partial charge on any atom is -0.493 e. The van der Waals surface area contributed by atoms with Gasteiger partial charge in [-0.3, -0.25) is 28.9 Å². The fourth-order valence-electron chi connectivity index (χ4n) is 8.51. The van der Waals surface area contributed by atoms with Gasteiger partial charge in [0.15, 0.2) is 18.1 Å². The van der Waals surface area contributed by atoms with Crippen molar-refractivity contribution in [1.82, 2.24) is 9.88 Å². The van der Waals surface area contributed by atoms with Crippen LogP contribution in [-0.4, -0.2) is 64.2 Å². The molecule has 3 aromatic rings. The number of carboxylic acid groups (broad SMARTS) is 1. The van der Waals surface area contributed by atoms with E-state index in [-0.39, 0.29) is 70.0 Å². The van der Waals surface area contributed by atoms with Gasteiger partial charge in [-0.05, 0) is 72.9 Å². The number of carbonyl (C=O) groups excluding carboxylic acids is 3. The van der Waals surface area contributed by atoms with Crippen LogP contribution in [-0.2, 0) is 25.4 Å². The molecule has 3 fully saturated rings. The zero-order chi connectivity index (χ0) is 36.2.